The standard InChI is InChI=1S/C12H14BrN5O/c1-3-9-10(6-18(2)17-9)16-12(19)8-4-7(13)5-15-11(8)14/h4-6H,3H2,1-2H3,(H2,14,15)(H,16,19). The first-order chi connectivity index (χ1) is 9.01. The highest BCUT2D eigenvalue weighted by Crippen LogP contribution is 2.19. The van der Waals surface area contributed by atoms with Crippen LogP contribution in [0.15, 0.2) is 22.9 Å². The third-order valence-corrected chi connectivity index (χ3v) is 3.05. The molecule has 0 aliphatic rings. The number of hydrogen-bond acceptors (Lipinski definition) is 4. The first kappa shape index (κ1) is 13.5. The predicted octanol–water partition coefficient (Wildman–Crippen LogP) is 1.97. The smallest absolute Gasteiger partial charge is 0.259 e. The molecule has 2 rings (SSSR count). The van der Waals surface area contributed by atoms with Crippen LogP contribution in [-0.4, -0.2) is 20.7 Å². The highest BCUT2D eigenvalue weighted by molar-refractivity contribution is 9.10. The van der Waals surface area contributed by atoms with Crippen LogP contribution < -0.4 is 11.1 Å². The predicted molar refractivity (Wildman–Crippen MR) is 76.9 cm³/mol. The zero-order valence-corrected chi connectivity index (χ0v) is 12.2. The minimum Gasteiger partial charge on any atom is -0.383 e. The Morgan fingerprint density at radius 2 is 2.32 bits per heavy atom. The van der Waals surface area contributed by atoms with Gasteiger partial charge >= 0.3 is 0 Å². The van der Waals surface area contributed by atoms with Crippen LogP contribution in [0, 0.1) is 0 Å². The normalized spacial score (nSPS) is 10.5. The van der Waals surface area contributed by atoms with Crippen molar-refractivity contribution in [3.05, 3.63) is 34.2 Å². The van der Waals surface area contributed by atoms with Gasteiger partial charge in [-0.05, 0) is 28.4 Å². The average Bonchev–Trinajstić information content (AvgIpc) is 2.72. The van der Waals surface area contributed by atoms with Crippen molar-refractivity contribution in [3.8, 4) is 0 Å². The van der Waals surface area contributed by atoms with Gasteiger partial charge in [0, 0.05) is 23.9 Å². The summed E-state index contributed by atoms with van der Waals surface area (Å²) in [6, 6.07) is 1.64. The van der Waals surface area contributed by atoms with Gasteiger partial charge in [0.1, 0.15) is 5.82 Å². The van der Waals surface area contributed by atoms with Gasteiger partial charge < -0.3 is 11.1 Å². The van der Waals surface area contributed by atoms with Gasteiger partial charge in [-0.3, -0.25) is 9.48 Å². The summed E-state index contributed by atoms with van der Waals surface area (Å²) in [7, 11) is 1.81. The molecule has 0 saturated heterocycles. The van der Waals surface area contributed by atoms with E-state index in [-0.39, 0.29) is 11.7 Å². The van der Waals surface area contributed by atoms with Crippen LogP contribution in [0.2, 0.25) is 0 Å². The number of aromatic nitrogens is 3. The number of amides is 1. The van der Waals surface area contributed by atoms with Gasteiger partial charge in [-0.25, -0.2) is 4.98 Å². The summed E-state index contributed by atoms with van der Waals surface area (Å²) in [5, 5.41) is 7.07. The van der Waals surface area contributed by atoms with Crippen LogP contribution in [0.3, 0.4) is 0 Å². The van der Waals surface area contributed by atoms with E-state index in [0.717, 1.165) is 12.1 Å². The van der Waals surface area contributed by atoms with Crippen molar-refractivity contribution in [3.63, 3.8) is 0 Å². The maximum Gasteiger partial charge on any atom is 0.259 e. The molecule has 7 heteroatoms. The number of pyridine rings is 1. The van der Waals surface area contributed by atoms with Gasteiger partial charge in [0.25, 0.3) is 5.91 Å². The molecule has 0 spiro atoms. The van der Waals surface area contributed by atoms with Gasteiger partial charge in [0.2, 0.25) is 0 Å². The Morgan fingerprint density at radius 1 is 1.58 bits per heavy atom. The van der Waals surface area contributed by atoms with Crippen molar-refractivity contribution < 1.29 is 4.79 Å². The molecule has 0 aliphatic heterocycles. The number of nitrogens with one attached hydrogen (secondary N) is 1. The van der Waals surface area contributed by atoms with Crippen LogP contribution in [0.4, 0.5) is 11.5 Å². The Morgan fingerprint density at radius 3 is 3.00 bits per heavy atom. The highest BCUT2D eigenvalue weighted by Gasteiger charge is 2.14. The summed E-state index contributed by atoms with van der Waals surface area (Å²) in [5.74, 6) is -0.100. The summed E-state index contributed by atoms with van der Waals surface area (Å²) in [5.41, 5.74) is 7.56. The zero-order valence-electron chi connectivity index (χ0n) is 10.6. The minimum absolute atomic E-state index is 0.197. The monoisotopic (exact) mass is 323 g/mol. The topological polar surface area (TPSA) is 85.8 Å². The van der Waals surface area contributed by atoms with E-state index in [1.54, 1.807) is 23.1 Å². The fraction of sp³-hybridized carbons (Fsp3) is 0.250. The van der Waals surface area contributed by atoms with Crippen LogP contribution in [-0.2, 0) is 13.5 Å². The Hall–Kier alpha value is -1.89. The molecule has 1 amide bonds. The first-order valence-electron chi connectivity index (χ1n) is 5.76. The lowest BCUT2D eigenvalue weighted by Crippen LogP contribution is -2.15. The van der Waals surface area contributed by atoms with Crippen molar-refractivity contribution in [1.82, 2.24) is 14.8 Å². The fourth-order valence-corrected chi connectivity index (χ4v) is 2.05. The Bertz CT molecular complexity index is 623. The van der Waals surface area contributed by atoms with Crippen molar-refractivity contribution >= 4 is 33.3 Å². The van der Waals surface area contributed by atoms with Crippen LogP contribution in [0.1, 0.15) is 23.0 Å². The fourth-order valence-electron chi connectivity index (χ4n) is 1.72. The second kappa shape index (κ2) is 5.40. The molecule has 6 nitrogen and oxygen atoms in total. The van der Waals surface area contributed by atoms with E-state index in [0.29, 0.717) is 15.7 Å². The van der Waals surface area contributed by atoms with Crippen molar-refractivity contribution in [2.24, 2.45) is 7.05 Å². The van der Waals surface area contributed by atoms with Crippen LogP contribution >= 0.6 is 15.9 Å². The van der Waals surface area contributed by atoms with E-state index in [1.807, 2.05) is 14.0 Å². The van der Waals surface area contributed by atoms with Gasteiger partial charge in [-0.1, -0.05) is 6.92 Å². The quantitative estimate of drug-likeness (QED) is 0.904. The van der Waals surface area contributed by atoms with E-state index < -0.39 is 0 Å². The second-order valence-corrected chi connectivity index (χ2v) is 4.97. The molecule has 3 N–H and O–H groups in total. The van der Waals surface area contributed by atoms with Crippen LogP contribution in [0.5, 0.6) is 0 Å². The molecule has 0 saturated carbocycles. The molecule has 2 aromatic rings. The highest BCUT2D eigenvalue weighted by atomic mass is 79.9. The molecule has 2 aromatic heterocycles. The van der Waals surface area contributed by atoms with Crippen molar-refractivity contribution in [2.45, 2.75) is 13.3 Å². The number of nitrogens with two attached hydrogens (primary N) is 1. The molecule has 100 valence electrons. The third kappa shape index (κ3) is 2.93. The minimum atomic E-state index is -0.297. The summed E-state index contributed by atoms with van der Waals surface area (Å²) < 4.78 is 2.37. The molecule has 0 radical (unpaired) electrons. The number of carbonyl (C=O) groups excluding carboxylic acids is 1. The molecule has 2 heterocycles. The second-order valence-electron chi connectivity index (χ2n) is 4.06. The Labute approximate surface area is 119 Å². The van der Waals surface area contributed by atoms with Gasteiger partial charge in [0.05, 0.1) is 16.9 Å². The number of anilines is 2. The number of hydrogen-bond donors (Lipinski definition) is 2. The van der Waals surface area contributed by atoms with Gasteiger partial charge in [-0.2, -0.15) is 5.10 Å². The summed E-state index contributed by atoms with van der Waals surface area (Å²) >= 11 is 3.27. The van der Waals surface area contributed by atoms with Gasteiger partial charge in [-0.15, -0.1) is 0 Å². The summed E-state index contributed by atoms with van der Waals surface area (Å²) in [6.07, 6.45) is 4.05. The molecular weight excluding hydrogens is 310 g/mol. The van der Waals surface area contributed by atoms with E-state index in [2.05, 4.69) is 31.3 Å². The summed E-state index contributed by atoms with van der Waals surface area (Å²) in [4.78, 5) is 16.1. The maximum atomic E-state index is 12.2. The number of carbonyl (C=O) groups is 1. The molecule has 19 heavy (non-hydrogen) atoms. The Kier molecular flexibility index (Phi) is 3.84. The van der Waals surface area contributed by atoms with Crippen molar-refractivity contribution in [2.75, 3.05) is 11.1 Å². The molecule has 0 aromatic carbocycles. The van der Waals surface area contributed by atoms with Gasteiger partial charge in [0.15, 0.2) is 0 Å². The van der Waals surface area contributed by atoms with Crippen molar-refractivity contribution in [1.29, 1.82) is 0 Å². The number of aryl methyl sites for hydroxylation is 2. The zero-order chi connectivity index (χ0) is 14.0. The largest absolute Gasteiger partial charge is 0.383 e. The number of nitrogens with zero attached hydrogens (tertiary/aromatic N) is 3. The molecule has 0 aliphatic carbocycles. The molecule has 0 bridgehead atoms. The van der Waals surface area contributed by atoms with E-state index in [4.69, 9.17) is 5.73 Å². The Balaban J connectivity index is 2.27. The van der Waals surface area contributed by atoms with E-state index in [9.17, 15) is 4.79 Å². The lowest BCUT2D eigenvalue weighted by atomic mass is 10.2. The molecular formula is C12H14BrN5O. The number of rotatable bonds is 3. The molecule has 0 unspecified atom stereocenters. The molecule has 0 atom stereocenters. The van der Waals surface area contributed by atoms with E-state index >= 15 is 0 Å². The lowest BCUT2D eigenvalue weighted by Gasteiger charge is -2.06. The average molecular weight is 324 g/mol. The number of nitrogen functional groups attached to an aromatic ring is 1. The SMILES string of the molecule is CCc1nn(C)cc1NC(=O)c1cc(Br)cnc1N. The maximum absolute atomic E-state index is 12.2. The number of halogens is 1. The molecule has 0 fully saturated rings. The van der Waals surface area contributed by atoms with Crippen LogP contribution in [0.25, 0.3) is 0 Å². The van der Waals surface area contributed by atoms with E-state index in [1.165, 1.54) is 0 Å². The lowest BCUT2D eigenvalue weighted by molar-refractivity contribution is 0.102. The third-order valence-electron chi connectivity index (χ3n) is 2.62. The summed E-state index contributed by atoms with van der Waals surface area (Å²) in [6.45, 7) is 1.98. The first-order valence-corrected chi connectivity index (χ1v) is 6.55.